The van der Waals surface area contributed by atoms with Crippen LogP contribution in [0.15, 0.2) is 67.0 Å². The molecule has 0 aliphatic carbocycles. The molecular weight excluding hydrogens is 348 g/mol. The van der Waals surface area contributed by atoms with Crippen molar-refractivity contribution in [1.29, 1.82) is 0 Å². The number of hydrogen-bond acceptors (Lipinski definition) is 3. The maximum Gasteiger partial charge on any atom is 0.257 e. The molecule has 1 heterocycles. The van der Waals surface area contributed by atoms with E-state index < -0.39 is 17.5 Å². The van der Waals surface area contributed by atoms with Crippen molar-refractivity contribution in [3.63, 3.8) is 0 Å². The minimum Gasteiger partial charge on any atom is -0.384 e. The Balaban J connectivity index is 1.55. The third-order valence-electron chi connectivity index (χ3n) is 3.99. The summed E-state index contributed by atoms with van der Waals surface area (Å²) in [5.74, 6) is -2.04. The first-order valence-electron chi connectivity index (χ1n) is 8.61. The van der Waals surface area contributed by atoms with Crippen molar-refractivity contribution in [3.8, 4) is 0 Å². The van der Waals surface area contributed by atoms with Crippen LogP contribution in [-0.2, 0) is 6.42 Å². The summed E-state index contributed by atoms with van der Waals surface area (Å²) in [6.45, 7) is 0.730. The zero-order valence-electron chi connectivity index (χ0n) is 14.6. The Morgan fingerprint density at radius 3 is 2.59 bits per heavy atom. The first-order chi connectivity index (χ1) is 13.1. The molecule has 3 aromatic rings. The molecular formula is C21H19F2N3O. The molecule has 6 heteroatoms. The van der Waals surface area contributed by atoms with Crippen molar-refractivity contribution >= 4 is 17.3 Å². The summed E-state index contributed by atoms with van der Waals surface area (Å²) < 4.78 is 26.6. The fourth-order valence-electron chi connectivity index (χ4n) is 2.62. The molecule has 0 aliphatic heterocycles. The Hall–Kier alpha value is -3.28. The zero-order chi connectivity index (χ0) is 19.1. The van der Waals surface area contributed by atoms with Gasteiger partial charge in [-0.15, -0.1) is 0 Å². The molecule has 0 atom stereocenters. The van der Waals surface area contributed by atoms with Gasteiger partial charge >= 0.3 is 0 Å². The van der Waals surface area contributed by atoms with E-state index in [1.165, 1.54) is 17.8 Å². The number of nitrogens with zero attached hydrogens (tertiary/aromatic N) is 1. The van der Waals surface area contributed by atoms with Crippen molar-refractivity contribution in [2.75, 3.05) is 17.2 Å². The summed E-state index contributed by atoms with van der Waals surface area (Å²) in [7, 11) is 0. The van der Waals surface area contributed by atoms with Gasteiger partial charge in [0.15, 0.2) is 0 Å². The smallest absolute Gasteiger partial charge is 0.257 e. The van der Waals surface area contributed by atoms with Crippen LogP contribution >= 0.6 is 0 Å². The van der Waals surface area contributed by atoms with E-state index >= 15 is 0 Å². The van der Waals surface area contributed by atoms with Gasteiger partial charge in [-0.3, -0.25) is 9.78 Å². The topological polar surface area (TPSA) is 54.0 Å². The van der Waals surface area contributed by atoms with E-state index in [0.29, 0.717) is 5.69 Å². The number of aromatic nitrogens is 1. The number of benzene rings is 2. The Morgan fingerprint density at radius 2 is 1.81 bits per heavy atom. The minimum atomic E-state index is -0.827. The second-order valence-electron chi connectivity index (χ2n) is 6.06. The quantitative estimate of drug-likeness (QED) is 0.598. The largest absolute Gasteiger partial charge is 0.384 e. The van der Waals surface area contributed by atoms with Gasteiger partial charge in [0, 0.05) is 25.0 Å². The van der Waals surface area contributed by atoms with E-state index in [-0.39, 0.29) is 11.3 Å². The average Bonchev–Trinajstić information content (AvgIpc) is 2.68. The van der Waals surface area contributed by atoms with Gasteiger partial charge in [0.1, 0.15) is 11.6 Å². The van der Waals surface area contributed by atoms with Crippen LogP contribution in [0.1, 0.15) is 22.3 Å². The molecule has 0 fully saturated rings. The molecule has 0 unspecified atom stereocenters. The van der Waals surface area contributed by atoms with Crippen molar-refractivity contribution in [3.05, 3.63) is 89.8 Å². The minimum absolute atomic E-state index is 0.0809. The molecule has 2 aromatic carbocycles. The SMILES string of the molecule is O=C(Nc1ccc(F)cc1F)c1cncc(NCCCc2ccccc2)c1. The molecule has 0 aliphatic rings. The van der Waals surface area contributed by atoms with Crippen LogP contribution in [0.5, 0.6) is 0 Å². The Morgan fingerprint density at radius 1 is 1.00 bits per heavy atom. The fraction of sp³-hybridized carbons (Fsp3) is 0.143. The maximum atomic E-state index is 13.7. The Bertz CT molecular complexity index is 916. The van der Waals surface area contributed by atoms with E-state index in [1.54, 1.807) is 12.3 Å². The molecule has 0 bridgehead atoms. The average molecular weight is 367 g/mol. The van der Waals surface area contributed by atoms with Gasteiger partial charge in [0.2, 0.25) is 0 Å². The molecule has 0 saturated carbocycles. The molecule has 138 valence electrons. The monoisotopic (exact) mass is 367 g/mol. The normalized spacial score (nSPS) is 10.4. The lowest BCUT2D eigenvalue weighted by molar-refractivity contribution is 0.102. The third-order valence-corrected chi connectivity index (χ3v) is 3.99. The van der Waals surface area contributed by atoms with Gasteiger partial charge in [-0.05, 0) is 36.6 Å². The molecule has 4 nitrogen and oxygen atoms in total. The Kier molecular flexibility index (Phi) is 6.10. The lowest BCUT2D eigenvalue weighted by atomic mass is 10.1. The van der Waals surface area contributed by atoms with Gasteiger partial charge in [-0.1, -0.05) is 30.3 Å². The van der Waals surface area contributed by atoms with Crippen LogP contribution < -0.4 is 10.6 Å². The highest BCUT2D eigenvalue weighted by atomic mass is 19.1. The van der Waals surface area contributed by atoms with Crippen molar-refractivity contribution < 1.29 is 13.6 Å². The summed E-state index contributed by atoms with van der Waals surface area (Å²) in [5, 5.41) is 5.65. The van der Waals surface area contributed by atoms with E-state index in [2.05, 4.69) is 27.8 Å². The number of hydrogen-bond donors (Lipinski definition) is 2. The number of carbonyl (C=O) groups is 1. The second kappa shape index (κ2) is 8.89. The lowest BCUT2D eigenvalue weighted by Gasteiger charge is -2.09. The standard InChI is InChI=1S/C21H19F2N3O/c22-17-8-9-20(19(23)12-17)26-21(27)16-11-18(14-24-13-16)25-10-4-7-15-5-2-1-3-6-15/h1-3,5-6,8-9,11-14,25H,4,7,10H2,(H,26,27). The summed E-state index contributed by atoms with van der Waals surface area (Å²) in [6.07, 6.45) is 4.90. The number of anilines is 2. The van der Waals surface area contributed by atoms with Gasteiger partial charge < -0.3 is 10.6 Å². The van der Waals surface area contributed by atoms with Gasteiger partial charge in [-0.25, -0.2) is 8.78 Å². The van der Waals surface area contributed by atoms with Crippen LogP contribution in [0.3, 0.4) is 0 Å². The van der Waals surface area contributed by atoms with Crippen LogP contribution in [0.2, 0.25) is 0 Å². The highest BCUT2D eigenvalue weighted by Gasteiger charge is 2.11. The van der Waals surface area contributed by atoms with Gasteiger partial charge in [0.25, 0.3) is 5.91 Å². The van der Waals surface area contributed by atoms with Crippen LogP contribution in [-0.4, -0.2) is 17.4 Å². The number of pyridine rings is 1. The molecule has 0 spiro atoms. The zero-order valence-corrected chi connectivity index (χ0v) is 14.6. The van der Waals surface area contributed by atoms with E-state index in [0.717, 1.165) is 31.5 Å². The summed E-state index contributed by atoms with van der Waals surface area (Å²) in [5.41, 5.74) is 2.18. The van der Waals surface area contributed by atoms with Crippen molar-refractivity contribution in [2.24, 2.45) is 0 Å². The second-order valence-corrected chi connectivity index (χ2v) is 6.06. The predicted molar refractivity (Wildman–Crippen MR) is 102 cm³/mol. The summed E-state index contributed by atoms with van der Waals surface area (Å²) >= 11 is 0. The Labute approximate surface area is 156 Å². The lowest BCUT2D eigenvalue weighted by Crippen LogP contribution is -2.14. The third kappa shape index (κ3) is 5.34. The van der Waals surface area contributed by atoms with Crippen molar-refractivity contribution in [2.45, 2.75) is 12.8 Å². The van der Waals surface area contributed by atoms with Gasteiger partial charge in [0.05, 0.1) is 16.9 Å². The molecule has 3 rings (SSSR count). The van der Waals surface area contributed by atoms with Crippen LogP contribution in [0.25, 0.3) is 0 Å². The highest BCUT2D eigenvalue weighted by molar-refractivity contribution is 6.04. The maximum absolute atomic E-state index is 13.7. The number of amides is 1. The molecule has 0 saturated heterocycles. The fourth-order valence-corrected chi connectivity index (χ4v) is 2.62. The van der Waals surface area contributed by atoms with E-state index in [4.69, 9.17) is 0 Å². The van der Waals surface area contributed by atoms with Crippen LogP contribution in [0.4, 0.5) is 20.2 Å². The predicted octanol–water partition coefficient (Wildman–Crippen LogP) is 4.66. The first kappa shape index (κ1) is 18.5. The van der Waals surface area contributed by atoms with Crippen molar-refractivity contribution in [1.82, 2.24) is 4.98 Å². The van der Waals surface area contributed by atoms with E-state index in [9.17, 15) is 13.6 Å². The van der Waals surface area contributed by atoms with E-state index in [1.807, 2.05) is 18.2 Å². The summed E-state index contributed by atoms with van der Waals surface area (Å²) in [6, 6.07) is 14.8. The number of halogens is 2. The molecule has 1 aromatic heterocycles. The number of aryl methyl sites for hydroxylation is 1. The number of nitrogens with one attached hydrogen (secondary N) is 2. The highest BCUT2D eigenvalue weighted by Crippen LogP contribution is 2.17. The van der Waals surface area contributed by atoms with Crippen LogP contribution in [0, 0.1) is 11.6 Å². The molecule has 1 amide bonds. The summed E-state index contributed by atoms with van der Waals surface area (Å²) in [4.78, 5) is 16.3. The first-order valence-corrected chi connectivity index (χ1v) is 8.61. The molecule has 27 heavy (non-hydrogen) atoms. The number of rotatable bonds is 7. The molecule has 2 N–H and O–H groups in total. The van der Waals surface area contributed by atoms with Gasteiger partial charge in [-0.2, -0.15) is 0 Å². The number of carbonyl (C=O) groups excluding carboxylic acids is 1. The molecule has 0 radical (unpaired) electrons.